The lowest BCUT2D eigenvalue weighted by atomic mass is 9.97. The average Bonchev–Trinajstić information content (AvgIpc) is 2.37. The Bertz CT molecular complexity index is 403. The highest BCUT2D eigenvalue weighted by atomic mass is 79.9. The molecule has 100 valence electrons. The summed E-state index contributed by atoms with van der Waals surface area (Å²) < 4.78 is 6.50. The van der Waals surface area contributed by atoms with E-state index in [0.717, 1.165) is 29.6 Å². The SMILES string of the molecule is C=C(CC)CC(NCC)c1ccc(Br)cc1OC. The summed E-state index contributed by atoms with van der Waals surface area (Å²) in [6, 6.07) is 6.44. The zero-order chi connectivity index (χ0) is 13.5. The molecule has 3 heteroatoms. The molecule has 0 spiro atoms. The van der Waals surface area contributed by atoms with Gasteiger partial charge in [0.2, 0.25) is 0 Å². The van der Waals surface area contributed by atoms with Crippen LogP contribution in [0.25, 0.3) is 0 Å². The van der Waals surface area contributed by atoms with E-state index in [1.54, 1.807) is 7.11 Å². The van der Waals surface area contributed by atoms with Crippen LogP contribution in [0.5, 0.6) is 5.75 Å². The predicted octanol–water partition coefficient (Wildman–Crippen LogP) is 4.46. The van der Waals surface area contributed by atoms with Crippen LogP contribution >= 0.6 is 15.9 Å². The number of rotatable bonds is 7. The summed E-state index contributed by atoms with van der Waals surface area (Å²) in [7, 11) is 1.71. The second-order valence-corrected chi connectivity index (χ2v) is 5.22. The molecule has 0 heterocycles. The fraction of sp³-hybridized carbons (Fsp3) is 0.467. The van der Waals surface area contributed by atoms with Gasteiger partial charge in [-0.25, -0.2) is 0 Å². The van der Waals surface area contributed by atoms with E-state index in [1.807, 2.05) is 6.07 Å². The molecule has 0 bridgehead atoms. The predicted molar refractivity (Wildman–Crippen MR) is 81.2 cm³/mol. The lowest BCUT2D eigenvalue weighted by molar-refractivity contribution is 0.398. The maximum Gasteiger partial charge on any atom is 0.124 e. The molecule has 0 radical (unpaired) electrons. The summed E-state index contributed by atoms with van der Waals surface area (Å²) in [6.07, 6.45) is 1.96. The van der Waals surface area contributed by atoms with Gasteiger partial charge in [-0.1, -0.05) is 48.0 Å². The lowest BCUT2D eigenvalue weighted by Crippen LogP contribution is -2.21. The summed E-state index contributed by atoms with van der Waals surface area (Å²) in [5, 5.41) is 3.50. The molecule has 0 fully saturated rings. The third kappa shape index (κ3) is 4.14. The van der Waals surface area contributed by atoms with Crippen molar-refractivity contribution in [1.82, 2.24) is 5.32 Å². The largest absolute Gasteiger partial charge is 0.496 e. The molecule has 0 amide bonds. The van der Waals surface area contributed by atoms with Crippen molar-refractivity contribution in [2.45, 2.75) is 32.7 Å². The fourth-order valence-electron chi connectivity index (χ4n) is 1.94. The van der Waals surface area contributed by atoms with Crippen molar-refractivity contribution >= 4 is 15.9 Å². The topological polar surface area (TPSA) is 21.3 Å². The van der Waals surface area contributed by atoms with Crippen molar-refractivity contribution in [3.8, 4) is 5.75 Å². The van der Waals surface area contributed by atoms with E-state index < -0.39 is 0 Å². The number of halogens is 1. The first-order chi connectivity index (χ1) is 8.62. The second-order valence-electron chi connectivity index (χ2n) is 4.30. The summed E-state index contributed by atoms with van der Waals surface area (Å²) in [6.45, 7) is 9.30. The van der Waals surface area contributed by atoms with Crippen LogP contribution in [0.2, 0.25) is 0 Å². The van der Waals surface area contributed by atoms with Gasteiger partial charge in [-0.2, -0.15) is 0 Å². The fourth-order valence-corrected chi connectivity index (χ4v) is 2.28. The number of benzene rings is 1. The van der Waals surface area contributed by atoms with Crippen LogP contribution in [0.4, 0.5) is 0 Å². The highest BCUT2D eigenvalue weighted by Gasteiger charge is 2.16. The minimum Gasteiger partial charge on any atom is -0.496 e. The molecule has 1 aromatic rings. The normalized spacial score (nSPS) is 12.2. The van der Waals surface area contributed by atoms with Crippen molar-refractivity contribution < 1.29 is 4.74 Å². The molecule has 1 rings (SSSR count). The molecule has 0 aromatic heterocycles. The third-order valence-electron chi connectivity index (χ3n) is 3.01. The van der Waals surface area contributed by atoms with Crippen LogP contribution in [0.3, 0.4) is 0 Å². The van der Waals surface area contributed by atoms with Gasteiger partial charge in [0, 0.05) is 16.1 Å². The molecule has 0 saturated carbocycles. The maximum absolute atomic E-state index is 5.47. The molecule has 0 aliphatic rings. The van der Waals surface area contributed by atoms with Crippen LogP contribution < -0.4 is 10.1 Å². The molecule has 1 N–H and O–H groups in total. The Morgan fingerprint density at radius 2 is 2.17 bits per heavy atom. The molecule has 1 atom stereocenters. The monoisotopic (exact) mass is 311 g/mol. The van der Waals surface area contributed by atoms with Gasteiger partial charge >= 0.3 is 0 Å². The molecular formula is C15H22BrNO. The average molecular weight is 312 g/mol. The first kappa shape index (κ1) is 15.3. The smallest absolute Gasteiger partial charge is 0.124 e. The van der Waals surface area contributed by atoms with Crippen LogP contribution in [-0.2, 0) is 0 Å². The standard InChI is InChI=1S/C15H22BrNO/c1-5-11(3)9-14(17-6-2)13-8-7-12(16)10-15(13)18-4/h7-8,10,14,17H,3,5-6,9H2,1-2,4H3. The van der Waals surface area contributed by atoms with Crippen molar-refractivity contribution in [2.24, 2.45) is 0 Å². The summed E-state index contributed by atoms with van der Waals surface area (Å²) in [5.41, 5.74) is 2.45. The molecule has 1 unspecified atom stereocenters. The van der Waals surface area contributed by atoms with E-state index in [2.05, 4.69) is 53.8 Å². The van der Waals surface area contributed by atoms with E-state index >= 15 is 0 Å². The van der Waals surface area contributed by atoms with Crippen LogP contribution in [0, 0.1) is 0 Å². The van der Waals surface area contributed by atoms with Gasteiger partial charge in [-0.15, -0.1) is 0 Å². The van der Waals surface area contributed by atoms with Crippen LogP contribution in [0.15, 0.2) is 34.8 Å². The second kappa shape index (κ2) is 7.59. The first-order valence-corrected chi connectivity index (χ1v) is 7.15. The minimum atomic E-state index is 0.269. The van der Waals surface area contributed by atoms with E-state index in [1.165, 1.54) is 11.1 Å². The van der Waals surface area contributed by atoms with Crippen LogP contribution in [0.1, 0.15) is 38.3 Å². The lowest BCUT2D eigenvalue weighted by Gasteiger charge is -2.21. The molecule has 18 heavy (non-hydrogen) atoms. The maximum atomic E-state index is 5.47. The van der Waals surface area contributed by atoms with Crippen molar-refractivity contribution in [2.75, 3.05) is 13.7 Å². The highest BCUT2D eigenvalue weighted by molar-refractivity contribution is 9.10. The van der Waals surface area contributed by atoms with Gasteiger partial charge in [-0.3, -0.25) is 0 Å². The van der Waals surface area contributed by atoms with E-state index in [9.17, 15) is 0 Å². The molecule has 2 nitrogen and oxygen atoms in total. The van der Waals surface area contributed by atoms with Crippen LogP contribution in [-0.4, -0.2) is 13.7 Å². The molecular weight excluding hydrogens is 290 g/mol. The Morgan fingerprint density at radius 1 is 1.44 bits per heavy atom. The van der Waals surface area contributed by atoms with E-state index in [-0.39, 0.29) is 6.04 Å². The molecule has 1 aromatic carbocycles. The Morgan fingerprint density at radius 3 is 2.72 bits per heavy atom. The Labute approximate surface area is 119 Å². The Kier molecular flexibility index (Phi) is 6.44. The van der Waals surface area contributed by atoms with Gasteiger partial charge in [0.25, 0.3) is 0 Å². The Hall–Kier alpha value is -0.800. The molecule has 0 saturated heterocycles. The number of hydrogen-bond donors (Lipinski definition) is 1. The van der Waals surface area contributed by atoms with Gasteiger partial charge in [0.1, 0.15) is 5.75 Å². The summed E-state index contributed by atoms with van der Waals surface area (Å²) in [5.74, 6) is 0.916. The summed E-state index contributed by atoms with van der Waals surface area (Å²) >= 11 is 3.47. The molecule has 0 aliphatic heterocycles. The first-order valence-electron chi connectivity index (χ1n) is 6.35. The summed E-state index contributed by atoms with van der Waals surface area (Å²) in [4.78, 5) is 0. The molecule has 0 aliphatic carbocycles. The van der Waals surface area contributed by atoms with Crippen molar-refractivity contribution in [3.05, 3.63) is 40.4 Å². The number of nitrogens with one attached hydrogen (secondary N) is 1. The van der Waals surface area contributed by atoms with E-state index in [4.69, 9.17) is 4.74 Å². The van der Waals surface area contributed by atoms with Crippen molar-refractivity contribution in [1.29, 1.82) is 0 Å². The number of hydrogen-bond acceptors (Lipinski definition) is 2. The Balaban J connectivity index is 3.00. The van der Waals surface area contributed by atoms with Crippen molar-refractivity contribution in [3.63, 3.8) is 0 Å². The number of ether oxygens (including phenoxy) is 1. The van der Waals surface area contributed by atoms with Gasteiger partial charge in [0.05, 0.1) is 7.11 Å². The van der Waals surface area contributed by atoms with Gasteiger partial charge < -0.3 is 10.1 Å². The zero-order valence-corrected chi connectivity index (χ0v) is 13.0. The highest BCUT2D eigenvalue weighted by Crippen LogP contribution is 2.32. The van der Waals surface area contributed by atoms with E-state index in [0.29, 0.717) is 0 Å². The zero-order valence-electron chi connectivity index (χ0n) is 11.4. The quantitative estimate of drug-likeness (QED) is 0.750. The van der Waals surface area contributed by atoms with Gasteiger partial charge in [0.15, 0.2) is 0 Å². The number of methoxy groups -OCH3 is 1. The third-order valence-corrected chi connectivity index (χ3v) is 3.51. The minimum absolute atomic E-state index is 0.269. The van der Waals surface area contributed by atoms with Gasteiger partial charge in [-0.05, 0) is 31.5 Å².